The van der Waals surface area contributed by atoms with Gasteiger partial charge in [0.05, 0.1) is 7.11 Å². The zero-order valence-electron chi connectivity index (χ0n) is 11.4. The molecule has 0 aliphatic carbocycles. The molecule has 2 aliphatic rings. The Hall–Kier alpha value is -1.71. The van der Waals surface area contributed by atoms with Crippen molar-refractivity contribution >= 4 is 5.91 Å². The average Bonchev–Trinajstić information content (AvgIpc) is 2.84. The zero-order chi connectivity index (χ0) is 13.4. The smallest absolute Gasteiger partial charge is 0.225 e. The summed E-state index contributed by atoms with van der Waals surface area (Å²) in [5.74, 6) is 2.02. The van der Waals surface area contributed by atoms with Gasteiger partial charge in [0.2, 0.25) is 5.91 Å². The maximum absolute atomic E-state index is 11.8. The third-order valence-electron chi connectivity index (χ3n) is 3.93. The van der Waals surface area contributed by atoms with Crippen LogP contribution in [0, 0.1) is 6.92 Å². The Morgan fingerprint density at radius 1 is 1.37 bits per heavy atom. The normalized spacial score (nSPS) is 22.1. The van der Waals surface area contributed by atoms with E-state index < -0.39 is 0 Å². The molecule has 1 aromatic carbocycles. The van der Waals surface area contributed by atoms with E-state index in [1.54, 1.807) is 7.11 Å². The molecule has 2 heterocycles. The van der Waals surface area contributed by atoms with Crippen LogP contribution in [0.3, 0.4) is 0 Å². The molecule has 3 rings (SSSR count). The third kappa shape index (κ3) is 2.15. The Morgan fingerprint density at radius 3 is 2.89 bits per heavy atom. The minimum atomic E-state index is -0.0883. The van der Waals surface area contributed by atoms with E-state index in [2.05, 4.69) is 0 Å². The largest absolute Gasteiger partial charge is 0.497 e. The molecule has 0 aromatic heterocycles. The van der Waals surface area contributed by atoms with Gasteiger partial charge in [0.1, 0.15) is 11.5 Å². The molecule has 1 atom stereocenters. The molecule has 0 saturated carbocycles. The number of nitrogens with zero attached hydrogens (tertiary/aromatic N) is 1. The molecule has 0 radical (unpaired) electrons. The van der Waals surface area contributed by atoms with E-state index in [0.717, 1.165) is 42.9 Å². The second kappa shape index (κ2) is 4.76. The maximum atomic E-state index is 11.8. The van der Waals surface area contributed by atoms with Gasteiger partial charge in [-0.1, -0.05) is 0 Å². The molecule has 1 aromatic rings. The molecule has 102 valence electrons. The van der Waals surface area contributed by atoms with Gasteiger partial charge in [-0.15, -0.1) is 0 Å². The predicted molar refractivity (Wildman–Crippen MR) is 71.4 cm³/mol. The first-order chi connectivity index (χ1) is 9.19. The molecular formula is C15H19NO3. The molecule has 1 amide bonds. The molecule has 0 spiro atoms. The summed E-state index contributed by atoms with van der Waals surface area (Å²) in [5.41, 5.74) is 2.26. The lowest BCUT2D eigenvalue weighted by Crippen LogP contribution is -2.42. The Kier molecular flexibility index (Phi) is 3.09. The highest BCUT2D eigenvalue weighted by Crippen LogP contribution is 2.36. The van der Waals surface area contributed by atoms with E-state index in [4.69, 9.17) is 9.47 Å². The Bertz CT molecular complexity index is 512. The molecule has 2 aliphatic heterocycles. The standard InChI is InChI=1S/C15H19NO3/c1-10-8-12(18-2)9-11-5-6-14(19-15(10)11)16-7-3-4-13(16)17/h8-9,14H,3-7H2,1-2H3. The van der Waals surface area contributed by atoms with Crippen LogP contribution in [-0.2, 0) is 11.2 Å². The zero-order valence-corrected chi connectivity index (χ0v) is 11.4. The van der Waals surface area contributed by atoms with Crippen LogP contribution >= 0.6 is 0 Å². The van der Waals surface area contributed by atoms with Crippen molar-refractivity contribution in [2.45, 2.75) is 38.8 Å². The predicted octanol–water partition coefficient (Wildman–Crippen LogP) is 2.28. The van der Waals surface area contributed by atoms with Crippen molar-refractivity contribution in [3.8, 4) is 11.5 Å². The second-order valence-electron chi connectivity index (χ2n) is 5.23. The van der Waals surface area contributed by atoms with Crippen LogP contribution in [0.4, 0.5) is 0 Å². The minimum Gasteiger partial charge on any atom is -0.497 e. The first-order valence-corrected chi connectivity index (χ1v) is 6.82. The lowest BCUT2D eigenvalue weighted by atomic mass is 10.0. The van der Waals surface area contributed by atoms with Crippen molar-refractivity contribution in [2.24, 2.45) is 0 Å². The highest BCUT2D eigenvalue weighted by Gasteiger charge is 2.32. The molecule has 1 unspecified atom stereocenters. The number of hydrogen-bond acceptors (Lipinski definition) is 3. The summed E-state index contributed by atoms with van der Waals surface area (Å²) in [6.07, 6.45) is 3.32. The van der Waals surface area contributed by atoms with Gasteiger partial charge in [-0.3, -0.25) is 4.79 Å². The Balaban J connectivity index is 1.85. The van der Waals surface area contributed by atoms with Crippen molar-refractivity contribution in [3.63, 3.8) is 0 Å². The highest BCUT2D eigenvalue weighted by molar-refractivity contribution is 5.78. The quantitative estimate of drug-likeness (QED) is 0.819. The maximum Gasteiger partial charge on any atom is 0.225 e. The molecule has 4 heteroatoms. The summed E-state index contributed by atoms with van der Waals surface area (Å²) in [6.45, 7) is 2.85. The molecule has 1 saturated heterocycles. The molecular weight excluding hydrogens is 242 g/mol. The van der Waals surface area contributed by atoms with Crippen molar-refractivity contribution < 1.29 is 14.3 Å². The minimum absolute atomic E-state index is 0.0883. The SMILES string of the molecule is COc1cc(C)c2c(c1)CCC(N1CCCC1=O)O2. The van der Waals surface area contributed by atoms with Crippen LogP contribution in [0.15, 0.2) is 12.1 Å². The van der Waals surface area contributed by atoms with Gasteiger partial charge in [-0.05, 0) is 43.0 Å². The van der Waals surface area contributed by atoms with E-state index in [1.165, 1.54) is 5.56 Å². The number of benzene rings is 1. The fourth-order valence-corrected chi connectivity index (χ4v) is 2.95. The number of ether oxygens (including phenoxy) is 2. The summed E-state index contributed by atoms with van der Waals surface area (Å²) < 4.78 is 11.4. The van der Waals surface area contributed by atoms with Crippen molar-refractivity contribution in [3.05, 3.63) is 23.3 Å². The van der Waals surface area contributed by atoms with Crippen molar-refractivity contribution in [2.75, 3.05) is 13.7 Å². The Labute approximate surface area is 113 Å². The fourth-order valence-electron chi connectivity index (χ4n) is 2.95. The number of rotatable bonds is 2. The monoisotopic (exact) mass is 261 g/mol. The van der Waals surface area contributed by atoms with E-state index in [1.807, 2.05) is 24.0 Å². The lowest BCUT2D eigenvalue weighted by molar-refractivity contribution is -0.135. The second-order valence-corrected chi connectivity index (χ2v) is 5.23. The number of methoxy groups -OCH3 is 1. The van der Waals surface area contributed by atoms with Crippen LogP contribution in [0.5, 0.6) is 11.5 Å². The van der Waals surface area contributed by atoms with E-state index >= 15 is 0 Å². The summed E-state index contributed by atoms with van der Waals surface area (Å²) in [5, 5.41) is 0. The topological polar surface area (TPSA) is 38.8 Å². The summed E-state index contributed by atoms with van der Waals surface area (Å²) in [6, 6.07) is 4.01. The third-order valence-corrected chi connectivity index (χ3v) is 3.93. The molecule has 1 fully saturated rings. The molecule has 19 heavy (non-hydrogen) atoms. The summed E-state index contributed by atoms with van der Waals surface area (Å²) in [4.78, 5) is 13.7. The molecule has 0 N–H and O–H groups in total. The number of amides is 1. The van der Waals surface area contributed by atoms with Gasteiger partial charge in [-0.2, -0.15) is 0 Å². The lowest BCUT2D eigenvalue weighted by Gasteiger charge is -2.33. The number of carbonyl (C=O) groups is 1. The summed E-state index contributed by atoms with van der Waals surface area (Å²) in [7, 11) is 1.68. The van der Waals surface area contributed by atoms with Gasteiger partial charge in [-0.25, -0.2) is 0 Å². The van der Waals surface area contributed by atoms with Crippen molar-refractivity contribution in [1.82, 2.24) is 4.90 Å². The van der Waals surface area contributed by atoms with Crippen LogP contribution in [-0.4, -0.2) is 30.7 Å². The van der Waals surface area contributed by atoms with Crippen LogP contribution in [0.2, 0.25) is 0 Å². The highest BCUT2D eigenvalue weighted by atomic mass is 16.5. The van der Waals surface area contributed by atoms with Gasteiger partial charge in [0.25, 0.3) is 0 Å². The number of aryl methyl sites for hydroxylation is 2. The fraction of sp³-hybridized carbons (Fsp3) is 0.533. The average molecular weight is 261 g/mol. The first kappa shape index (κ1) is 12.3. The number of hydrogen-bond donors (Lipinski definition) is 0. The Morgan fingerprint density at radius 2 is 2.21 bits per heavy atom. The summed E-state index contributed by atoms with van der Waals surface area (Å²) >= 11 is 0. The van der Waals surface area contributed by atoms with E-state index in [9.17, 15) is 4.79 Å². The number of fused-ring (bicyclic) bond motifs is 1. The van der Waals surface area contributed by atoms with E-state index in [0.29, 0.717) is 6.42 Å². The number of likely N-dealkylation sites (tertiary alicyclic amines) is 1. The van der Waals surface area contributed by atoms with Crippen LogP contribution < -0.4 is 9.47 Å². The van der Waals surface area contributed by atoms with E-state index in [-0.39, 0.29) is 12.1 Å². The van der Waals surface area contributed by atoms with Gasteiger partial charge in [0, 0.05) is 19.4 Å². The molecule has 4 nitrogen and oxygen atoms in total. The first-order valence-electron chi connectivity index (χ1n) is 6.82. The molecule has 0 bridgehead atoms. The van der Waals surface area contributed by atoms with Gasteiger partial charge < -0.3 is 14.4 Å². The van der Waals surface area contributed by atoms with Crippen molar-refractivity contribution in [1.29, 1.82) is 0 Å². The van der Waals surface area contributed by atoms with Crippen LogP contribution in [0.25, 0.3) is 0 Å². The number of carbonyl (C=O) groups excluding carboxylic acids is 1. The van der Waals surface area contributed by atoms with Gasteiger partial charge in [0.15, 0.2) is 6.23 Å². The van der Waals surface area contributed by atoms with Crippen LogP contribution in [0.1, 0.15) is 30.4 Å². The van der Waals surface area contributed by atoms with Gasteiger partial charge >= 0.3 is 0 Å².